The Morgan fingerprint density at radius 2 is 1.12 bits per heavy atom. The average Bonchev–Trinajstić information content (AvgIpc) is 1.56. The molecule has 0 aromatic carbocycles. The number of nitrogens with one attached hydrogen (secondary N) is 1. The van der Waals surface area contributed by atoms with Gasteiger partial charge in [-0.25, -0.2) is 0 Å². The summed E-state index contributed by atoms with van der Waals surface area (Å²) in [6.45, 7) is 5.26. The molecular formula is C58H95NO29. The Morgan fingerprint density at radius 1 is 0.545 bits per heavy atom. The van der Waals surface area contributed by atoms with Gasteiger partial charge in [0.15, 0.2) is 37.2 Å². The third-order valence-electron chi connectivity index (χ3n) is 22.7. The molecule has 30 nitrogen and oxygen atoms in total. The quantitative estimate of drug-likeness (QED) is 0.0505. The van der Waals surface area contributed by atoms with Crippen molar-refractivity contribution in [2.45, 2.75) is 257 Å². The maximum absolute atomic E-state index is 12.7. The Kier molecular flexibility index (Phi) is 20.7. The lowest BCUT2D eigenvalue weighted by atomic mass is 9.44. The molecule has 37 unspecified atom stereocenters. The van der Waals surface area contributed by atoms with Gasteiger partial charge in [0, 0.05) is 19.4 Å². The molecule has 0 amide bonds. The second-order valence-corrected chi connectivity index (χ2v) is 27.5. The minimum absolute atomic E-state index is 0.0410. The maximum Gasteiger partial charge on any atom is 0.303 e. The van der Waals surface area contributed by atoms with Crippen molar-refractivity contribution in [2.24, 2.45) is 52.3 Å². The first-order valence-corrected chi connectivity index (χ1v) is 31.5. The lowest BCUT2D eigenvalue weighted by Gasteiger charge is -2.61. The van der Waals surface area contributed by atoms with Gasteiger partial charge in [-0.05, 0) is 104 Å². The lowest BCUT2D eigenvalue weighted by Crippen LogP contribution is -2.67. The van der Waals surface area contributed by atoms with E-state index in [2.05, 4.69) is 26.1 Å². The number of aliphatic hydroxyl groups excluding tert-OH is 16. The fourth-order valence-electron chi connectivity index (χ4n) is 18.0. The van der Waals surface area contributed by atoms with E-state index in [1.807, 2.05) is 0 Å². The van der Waals surface area contributed by atoms with Crippen LogP contribution in [0.2, 0.25) is 0 Å². The number of piperidine rings is 1. The van der Waals surface area contributed by atoms with Crippen molar-refractivity contribution >= 4 is 5.97 Å². The molecule has 11 fully saturated rings. The summed E-state index contributed by atoms with van der Waals surface area (Å²) in [5.41, 5.74) is -1.07. The van der Waals surface area contributed by atoms with E-state index in [1.165, 1.54) is 6.92 Å². The van der Waals surface area contributed by atoms with Gasteiger partial charge >= 0.3 is 5.97 Å². The van der Waals surface area contributed by atoms with Crippen LogP contribution in [-0.2, 0) is 61.6 Å². The standard InChI is InChI=1S/C58H95NO29/c1-21-36-30(88-58(21)35(79-22(2)64)11-23(14-59-58)19-77-51-45(74)41(70)38(67)31(15-60)81-51)13-28-26-6-5-24-12-25(7-9-56(24,3)27(26)8-10-57(28,36)4)80-53-46(75)43(72)48(34(18-63)84-53)85-55-50(42(71)39(68)32(16-61)83-55)87-54-47(76)49(40(69)33(17-62)82-54)86-52-44(73)37(66)29(65)20-78-52/h21,23-55,59-63,65-76H,5-20H2,1-4H3. The SMILES string of the molecule is CC(=O)OC1CC(COC2OC(CO)C(O)C(O)C2O)CNC12OC1CC3C4CCC5CC(OC6OC(CO)C(OC7OC(CO)C(O)C(O)C7OC7OC(CO)C(O)C(OC8OCC(O)C(O)C8O)C7O)C(O)C6O)CCC5(C)C4CCC3(C)C1C2C. The van der Waals surface area contributed by atoms with Crippen molar-refractivity contribution in [3.05, 3.63) is 0 Å². The maximum atomic E-state index is 12.7. The summed E-state index contributed by atoms with van der Waals surface area (Å²) in [7, 11) is 0. The molecule has 7 saturated heterocycles. The van der Waals surface area contributed by atoms with Crippen molar-refractivity contribution in [3.63, 3.8) is 0 Å². The van der Waals surface area contributed by atoms with Crippen LogP contribution in [0.4, 0.5) is 0 Å². The third kappa shape index (κ3) is 12.1. The van der Waals surface area contributed by atoms with E-state index < -0.39 is 204 Å². The van der Waals surface area contributed by atoms with Crippen molar-refractivity contribution < 1.29 is 143 Å². The highest BCUT2D eigenvalue weighted by atomic mass is 16.8. The smallest absolute Gasteiger partial charge is 0.303 e. The zero-order valence-electron chi connectivity index (χ0n) is 49.9. The Bertz CT molecular complexity index is 2340. The molecule has 506 valence electrons. The lowest BCUT2D eigenvalue weighted by molar-refractivity contribution is -0.396. The highest BCUT2D eigenvalue weighted by Gasteiger charge is 2.71. The van der Waals surface area contributed by atoms with Gasteiger partial charge in [-0.2, -0.15) is 0 Å². The molecule has 7 aliphatic heterocycles. The molecule has 17 N–H and O–H groups in total. The monoisotopic (exact) mass is 1270 g/mol. The van der Waals surface area contributed by atoms with Crippen LogP contribution >= 0.6 is 0 Å². The molecule has 4 aliphatic carbocycles. The molecule has 0 aromatic rings. The van der Waals surface area contributed by atoms with E-state index in [0.29, 0.717) is 43.6 Å². The summed E-state index contributed by atoms with van der Waals surface area (Å²) >= 11 is 0. The Morgan fingerprint density at radius 3 is 1.82 bits per heavy atom. The topological polar surface area (TPSA) is 464 Å². The molecular weight excluding hydrogens is 1170 g/mol. The van der Waals surface area contributed by atoms with E-state index in [9.17, 15) is 86.5 Å². The molecule has 37 atom stereocenters. The van der Waals surface area contributed by atoms with Gasteiger partial charge in [-0.3, -0.25) is 10.1 Å². The van der Waals surface area contributed by atoms with Gasteiger partial charge in [0.05, 0.1) is 51.8 Å². The Balaban J connectivity index is 0.707. The fraction of sp³-hybridized carbons (Fsp3) is 0.983. The predicted molar refractivity (Wildman–Crippen MR) is 289 cm³/mol. The van der Waals surface area contributed by atoms with Gasteiger partial charge in [-0.15, -0.1) is 0 Å². The first kappa shape index (κ1) is 67.8. The summed E-state index contributed by atoms with van der Waals surface area (Å²) in [5.74, 6) is 0.929. The molecule has 1 spiro atoms. The number of esters is 1. The van der Waals surface area contributed by atoms with Crippen LogP contribution in [0, 0.1) is 52.3 Å². The number of ether oxygens (including phenoxy) is 12. The summed E-state index contributed by atoms with van der Waals surface area (Å²) < 4.78 is 72.0. The number of carbonyl (C=O) groups is 1. The summed E-state index contributed by atoms with van der Waals surface area (Å²) in [4.78, 5) is 12.7. The number of fused-ring (bicyclic) bond motifs is 7. The van der Waals surface area contributed by atoms with Gasteiger partial charge < -0.3 is 139 Å². The van der Waals surface area contributed by atoms with Gasteiger partial charge in [0.2, 0.25) is 0 Å². The van der Waals surface area contributed by atoms with Crippen molar-refractivity contribution in [1.29, 1.82) is 0 Å². The van der Waals surface area contributed by atoms with Crippen molar-refractivity contribution in [1.82, 2.24) is 5.32 Å². The summed E-state index contributed by atoms with van der Waals surface area (Å²) in [5, 5.41) is 175. The molecule has 7 heterocycles. The second-order valence-electron chi connectivity index (χ2n) is 27.5. The van der Waals surface area contributed by atoms with E-state index in [1.54, 1.807) is 0 Å². The molecule has 11 rings (SSSR count). The normalized spacial score (nSPS) is 55.5. The average molecular weight is 1270 g/mol. The summed E-state index contributed by atoms with van der Waals surface area (Å²) in [6.07, 6.45) is -34.2. The molecule has 4 saturated carbocycles. The van der Waals surface area contributed by atoms with E-state index >= 15 is 0 Å². The number of hydrogen-bond donors (Lipinski definition) is 17. The zero-order chi connectivity index (χ0) is 63.2. The Hall–Kier alpha value is -1.65. The van der Waals surface area contributed by atoms with Crippen LogP contribution in [0.15, 0.2) is 0 Å². The molecule has 88 heavy (non-hydrogen) atoms. The highest BCUT2D eigenvalue weighted by Crippen LogP contribution is 2.71. The molecule has 11 aliphatic rings. The van der Waals surface area contributed by atoms with Gasteiger partial charge in [0.25, 0.3) is 0 Å². The minimum Gasteiger partial charge on any atom is -0.458 e. The third-order valence-corrected chi connectivity index (χ3v) is 22.7. The van der Waals surface area contributed by atoms with Crippen LogP contribution in [0.5, 0.6) is 0 Å². The summed E-state index contributed by atoms with van der Waals surface area (Å²) in [6, 6.07) is 0. The van der Waals surface area contributed by atoms with E-state index in [0.717, 1.165) is 38.5 Å². The first-order valence-electron chi connectivity index (χ1n) is 31.5. The van der Waals surface area contributed by atoms with Crippen LogP contribution < -0.4 is 5.32 Å². The largest absolute Gasteiger partial charge is 0.458 e. The Labute approximate surface area is 508 Å². The minimum atomic E-state index is -2.03. The van der Waals surface area contributed by atoms with Gasteiger partial charge in [-0.1, -0.05) is 20.8 Å². The van der Waals surface area contributed by atoms with Crippen LogP contribution in [-0.4, -0.2) is 305 Å². The second kappa shape index (κ2) is 26.9. The number of rotatable bonds is 16. The molecule has 30 heteroatoms. The fourth-order valence-corrected chi connectivity index (χ4v) is 18.0. The number of aliphatic hydroxyl groups is 16. The van der Waals surface area contributed by atoms with Crippen molar-refractivity contribution in [3.8, 4) is 0 Å². The molecule has 0 aromatic heterocycles. The van der Waals surface area contributed by atoms with E-state index in [4.69, 9.17) is 56.8 Å². The van der Waals surface area contributed by atoms with Crippen LogP contribution in [0.3, 0.4) is 0 Å². The van der Waals surface area contributed by atoms with E-state index in [-0.39, 0.29) is 47.2 Å². The van der Waals surface area contributed by atoms with Crippen LogP contribution in [0.1, 0.15) is 85.5 Å². The molecule has 0 bridgehead atoms. The zero-order valence-corrected chi connectivity index (χ0v) is 49.9. The number of carbonyl (C=O) groups excluding carboxylic acids is 1. The van der Waals surface area contributed by atoms with Crippen molar-refractivity contribution in [2.75, 3.05) is 46.2 Å². The van der Waals surface area contributed by atoms with Gasteiger partial charge in [0.1, 0.15) is 122 Å². The molecule has 0 radical (unpaired) electrons. The van der Waals surface area contributed by atoms with Crippen LogP contribution in [0.25, 0.3) is 0 Å². The number of hydrogen-bond acceptors (Lipinski definition) is 30. The predicted octanol–water partition coefficient (Wildman–Crippen LogP) is -6.36. The highest BCUT2D eigenvalue weighted by molar-refractivity contribution is 5.66. The first-order chi connectivity index (χ1) is 41.8.